The number of rotatable bonds is 5. The van der Waals surface area contributed by atoms with Crippen LogP contribution in [0, 0.1) is 6.92 Å². The third-order valence-corrected chi connectivity index (χ3v) is 5.59. The average Bonchev–Trinajstić information content (AvgIpc) is 2.72. The number of morpholine rings is 1. The fourth-order valence-electron chi connectivity index (χ4n) is 3.79. The minimum absolute atomic E-state index is 0.0725. The van der Waals surface area contributed by atoms with Gasteiger partial charge in [-0.25, -0.2) is 0 Å². The van der Waals surface area contributed by atoms with Crippen LogP contribution in [0.3, 0.4) is 0 Å². The van der Waals surface area contributed by atoms with E-state index in [4.69, 9.17) is 19.2 Å². The normalized spacial score (nSPS) is 23.3. The molecule has 6 heteroatoms. The summed E-state index contributed by atoms with van der Waals surface area (Å²) < 4.78 is 17.4. The molecule has 0 radical (unpaired) electrons. The Bertz CT molecular complexity index is 629. The Morgan fingerprint density at radius 2 is 2.07 bits per heavy atom. The molecule has 2 aliphatic rings. The van der Waals surface area contributed by atoms with Crippen LogP contribution < -0.4 is 5.32 Å². The van der Waals surface area contributed by atoms with Crippen molar-refractivity contribution in [2.75, 3.05) is 53.1 Å². The maximum atomic E-state index is 6.07. The predicted octanol–water partition coefficient (Wildman–Crippen LogP) is 2.53. The third kappa shape index (κ3) is 5.00. The van der Waals surface area contributed by atoms with E-state index in [0.29, 0.717) is 13.2 Å². The van der Waals surface area contributed by atoms with Gasteiger partial charge in [-0.15, -0.1) is 0 Å². The van der Waals surface area contributed by atoms with E-state index in [-0.39, 0.29) is 11.7 Å². The van der Waals surface area contributed by atoms with Gasteiger partial charge in [-0.1, -0.05) is 24.3 Å². The first-order chi connectivity index (χ1) is 13.2. The van der Waals surface area contributed by atoms with E-state index < -0.39 is 0 Å². The highest BCUT2D eigenvalue weighted by Gasteiger charge is 2.33. The molecule has 0 aromatic heterocycles. The molecular weight excluding hydrogens is 342 g/mol. The largest absolute Gasteiger partial charge is 0.381 e. The summed E-state index contributed by atoms with van der Waals surface area (Å²) in [5.41, 5.74) is 2.32. The number of nitrogens with zero attached hydrogens (tertiary/aromatic N) is 2. The molecule has 0 bridgehead atoms. The summed E-state index contributed by atoms with van der Waals surface area (Å²) >= 11 is 0. The summed E-state index contributed by atoms with van der Waals surface area (Å²) in [6, 6.07) is 8.46. The van der Waals surface area contributed by atoms with Crippen molar-refractivity contribution in [3.8, 4) is 0 Å². The molecule has 2 heterocycles. The molecular formula is C21H33N3O3. The van der Waals surface area contributed by atoms with Gasteiger partial charge in [-0.2, -0.15) is 0 Å². The van der Waals surface area contributed by atoms with Gasteiger partial charge in [0.25, 0.3) is 0 Å². The fraction of sp³-hybridized carbons (Fsp3) is 0.667. The van der Waals surface area contributed by atoms with Crippen LogP contribution in [0.2, 0.25) is 0 Å². The molecule has 1 N–H and O–H groups in total. The quantitative estimate of drug-likeness (QED) is 0.633. The summed E-state index contributed by atoms with van der Waals surface area (Å²) in [5, 5.41) is 3.45. The second-order valence-electron chi connectivity index (χ2n) is 7.33. The molecule has 27 heavy (non-hydrogen) atoms. The monoisotopic (exact) mass is 375 g/mol. The predicted molar refractivity (Wildman–Crippen MR) is 107 cm³/mol. The Kier molecular flexibility index (Phi) is 7.10. The van der Waals surface area contributed by atoms with Crippen LogP contribution >= 0.6 is 0 Å². The molecule has 1 unspecified atom stereocenters. The highest BCUT2D eigenvalue weighted by Crippen LogP contribution is 2.27. The molecule has 2 fully saturated rings. The van der Waals surface area contributed by atoms with Crippen molar-refractivity contribution in [1.82, 2.24) is 10.2 Å². The van der Waals surface area contributed by atoms with E-state index in [1.54, 1.807) is 7.11 Å². The molecule has 0 spiro atoms. The second-order valence-corrected chi connectivity index (χ2v) is 7.33. The zero-order valence-electron chi connectivity index (χ0n) is 16.9. The van der Waals surface area contributed by atoms with Crippen molar-refractivity contribution in [2.24, 2.45) is 4.99 Å². The lowest BCUT2D eigenvalue weighted by molar-refractivity contribution is -0.0830. The molecule has 1 atom stereocenters. The smallest absolute Gasteiger partial charge is 0.194 e. The van der Waals surface area contributed by atoms with Gasteiger partial charge in [0.1, 0.15) is 6.10 Å². The number of hydrogen-bond acceptors (Lipinski definition) is 4. The summed E-state index contributed by atoms with van der Waals surface area (Å²) in [4.78, 5) is 7.26. The minimum Gasteiger partial charge on any atom is -0.381 e. The van der Waals surface area contributed by atoms with Crippen molar-refractivity contribution in [3.05, 3.63) is 35.4 Å². The van der Waals surface area contributed by atoms with E-state index in [1.807, 2.05) is 0 Å². The Morgan fingerprint density at radius 3 is 2.78 bits per heavy atom. The van der Waals surface area contributed by atoms with Crippen molar-refractivity contribution in [1.29, 1.82) is 0 Å². The zero-order valence-corrected chi connectivity index (χ0v) is 16.9. The van der Waals surface area contributed by atoms with Crippen molar-refractivity contribution >= 4 is 5.96 Å². The fourth-order valence-corrected chi connectivity index (χ4v) is 3.79. The van der Waals surface area contributed by atoms with Gasteiger partial charge < -0.3 is 24.4 Å². The van der Waals surface area contributed by atoms with Crippen LogP contribution in [-0.2, 0) is 14.2 Å². The lowest BCUT2D eigenvalue weighted by Gasteiger charge is -2.37. The van der Waals surface area contributed by atoms with Gasteiger partial charge in [-0.05, 0) is 25.0 Å². The van der Waals surface area contributed by atoms with Gasteiger partial charge >= 0.3 is 0 Å². The molecule has 0 saturated carbocycles. The maximum Gasteiger partial charge on any atom is 0.194 e. The molecule has 150 valence electrons. The van der Waals surface area contributed by atoms with Crippen LogP contribution in [0.4, 0.5) is 0 Å². The number of hydrogen-bond donors (Lipinski definition) is 1. The first kappa shape index (κ1) is 20.1. The van der Waals surface area contributed by atoms with Crippen molar-refractivity contribution in [2.45, 2.75) is 38.4 Å². The summed E-state index contributed by atoms with van der Waals surface area (Å²) in [7, 11) is 1.79. The number of ether oxygens (including phenoxy) is 3. The van der Waals surface area contributed by atoms with Crippen LogP contribution in [0.15, 0.2) is 29.3 Å². The second kappa shape index (κ2) is 9.53. The molecule has 2 saturated heterocycles. The minimum atomic E-state index is -0.208. The third-order valence-electron chi connectivity index (χ3n) is 5.59. The van der Waals surface area contributed by atoms with Crippen LogP contribution in [0.5, 0.6) is 0 Å². The first-order valence-electron chi connectivity index (χ1n) is 10.0. The number of guanidine groups is 1. The Morgan fingerprint density at radius 1 is 1.30 bits per heavy atom. The Balaban J connectivity index is 1.72. The number of aliphatic imine (C=N–C) groups is 1. The van der Waals surface area contributed by atoms with Crippen LogP contribution in [-0.4, -0.2) is 69.6 Å². The maximum absolute atomic E-state index is 6.07. The highest BCUT2D eigenvalue weighted by atomic mass is 16.5. The molecule has 1 aromatic carbocycles. The van der Waals surface area contributed by atoms with Crippen LogP contribution in [0.25, 0.3) is 0 Å². The summed E-state index contributed by atoms with van der Waals surface area (Å²) in [5.74, 6) is 0.947. The van der Waals surface area contributed by atoms with E-state index in [2.05, 4.69) is 48.3 Å². The molecule has 0 amide bonds. The number of aryl methyl sites for hydroxylation is 1. The molecule has 2 aliphatic heterocycles. The standard InChI is InChI=1S/C21H33N3O3/c1-4-22-20(23-16-21(25-3)9-12-26-13-10-21)24-11-14-27-19(15-24)18-8-6-5-7-17(18)2/h5-8,19H,4,9-16H2,1-3H3,(H,22,23). The summed E-state index contributed by atoms with van der Waals surface area (Å²) in [6.07, 6.45) is 1.85. The van der Waals surface area contributed by atoms with Crippen LogP contribution in [0.1, 0.15) is 37.0 Å². The van der Waals surface area contributed by atoms with E-state index in [1.165, 1.54) is 11.1 Å². The zero-order chi connectivity index (χ0) is 19.1. The SMILES string of the molecule is CCNC(=NCC1(OC)CCOCC1)N1CCOC(c2ccccc2C)C1. The first-order valence-corrected chi connectivity index (χ1v) is 10.0. The van der Waals surface area contributed by atoms with Gasteiger partial charge in [0.15, 0.2) is 5.96 Å². The molecule has 0 aliphatic carbocycles. The highest BCUT2D eigenvalue weighted by molar-refractivity contribution is 5.80. The van der Waals surface area contributed by atoms with Gasteiger partial charge in [0.2, 0.25) is 0 Å². The number of nitrogens with one attached hydrogen (secondary N) is 1. The topological polar surface area (TPSA) is 55.3 Å². The van der Waals surface area contributed by atoms with Gasteiger partial charge in [-0.3, -0.25) is 4.99 Å². The van der Waals surface area contributed by atoms with Crippen molar-refractivity contribution in [3.63, 3.8) is 0 Å². The van der Waals surface area contributed by atoms with E-state index in [0.717, 1.165) is 51.6 Å². The molecule has 6 nitrogen and oxygen atoms in total. The van der Waals surface area contributed by atoms with Gasteiger partial charge in [0, 0.05) is 46.3 Å². The molecule has 3 rings (SSSR count). The summed E-state index contributed by atoms with van der Waals surface area (Å²) in [6.45, 7) is 9.58. The number of benzene rings is 1. The van der Waals surface area contributed by atoms with E-state index in [9.17, 15) is 0 Å². The Labute approximate surface area is 162 Å². The lowest BCUT2D eigenvalue weighted by atomic mass is 9.94. The Hall–Kier alpha value is -1.63. The van der Waals surface area contributed by atoms with Gasteiger partial charge in [0.05, 0.1) is 25.3 Å². The van der Waals surface area contributed by atoms with Crippen molar-refractivity contribution < 1.29 is 14.2 Å². The van der Waals surface area contributed by atoms with E-state index >= 15 is 0 Å². The number of methoxy groups -OCH3 is 1. The average molecular weight is 376 g/mol. The lowest BCUT2D eigenvalue weighted by Crippen LogP contribution is -2.49. The molecule has 1 aromatic rings.